The summed E-state index contributed by atoms with van der Waals surface area (Å²) in [6, 6.07) is 30.2. The van der Waals surface area contributed by atoms with Gasteiger partial charge < -0.3 is 4.53 Å². The maximum atomic E-state index is 12.3. The minimum absolute atomic E-state index is 0.0355. The summed E-state index contributed by atoms with van der Waals surface area (Å²) in [5.74, 6) is -0.273. The number of nitrogens with zero attached hydrogens (tertiary/aromatic N) is 1. The minimum Gasteiger partial charge on any atom is -0.438 e. The zero-order valence-corrected chi connectivity index (χ0v) is 17.0. The molecule has 1 aliphatic rings. The van der Waals surface area contributed by atoms with Crippen LogP contribution in [0.2, 0.25) is 0 Å². The molecule has 0 radical (unpaired) electrons. The van der Waals surface area contributed by atoms with Gasteiger partial charge in [0, 0.05) is 12.8 Å². The third kappa shape index (κ3) is 3.82. The molecule has 0 aliphatic heterocycles. The molecular formula is C24H21NO3Si. The van der Waals surface area contributed by atoms with Crippen molar-refractivity contribution in [3.8, 4) is 0 Å². The number of oxime groups is 1. The number of ketones is 2. The maximum Gasteiger partial charge on any atom is 0.380 e. The topological polar surface area (TPSA) is 55.7 Å². The van der Waals surface area contributed by atoms with Crippen LogP contribution in [0.3, 0.4) is 0 Å². The Labute approximate surface area is 171 Å². The molecule has 144 valence electrons. The van der Waals surface area contributed by atoms with Crippen molar-refractivity contribution >= 4 is 41.2 Å². The highest BCUT2D eigenvalue weighted by Crippen LogP contribution is 2.14. The van der Waals surface area contributed by atoms with Crippen molar-refractivity contribution in [3.63, 3.8) is 0 Å². The van der Waals surface area contributed by atoms with Crippen LogP contribution in [0, 0.1) is 0 Å². The van der Waals surface area contributed by atoms with Gasteiger partial charge >= 0.3 is 8.32 Å². The Hall–Kier alpha value is -3.31. The van der Waals surface area contributed by atoms with Crippen LogP contribution < -0.4 is 15.6 Å². The Balaban J connectivity index is 1.89. The third-order valence-corrected chi connectivity index (χ3v) is 8.96. The molecule has 29 heavy (non-hydrogen) atoms. The number of hydrogen-bond acceptors (Lipinski definition) is 4. The van der Waals surface area contributed by atoms with Gasteiger partial charge in [-0.3, -0.25) is 9.59 Å². The van der Waals surface area contributed by atoms with Crippen LogP contribution in [-0.2, 0) is 14.1 Å². The highest BCUT2D eigenvalue weighted by Gasteiger charge is 2.45. The average molecular weight is 400 g/mol. The first-order valence-electron chi connectivity index (χ1n) is 9.66. The summed E-state index contributed by atoms with van der Waals surface area (Å²) >= 11 is 0. The lowest BCUT2D eigenvalue weighted by atomic mass is 9.96. The van der Waals surface area contributed by atoms with E-state index < -0.39 is 8.32 Å². The van der Waals surface area contributed by atoms with Crippen molar-refractivity contribution in [2.45, 2.75) is 19.3 Å². The fourth-order valence-electron chi connectivity index (χ4n) is 3.66. The summed E-state index contributed by atoms with van der Waals surface area (Å²) in [6.07, 6.45) is 0.587. The SMILES string of the molecule is O=C1CCC(=NO[Si](c2ccccc2)(c2ccccc2)c2ccccc2)C(=O)C1. The largest absolute Gasteiger partial charge is 0.438 e. The molecule has 4 nitrogen and oxygen atoms in total. The van der Waals surface area contributed by atoms with Gasteiger partial charge in [0.2, 0.25) is 0 Å². The minimum atomic E-state index is -2.98. The fourth-order valence-corrected chi connectivity index (χ4v) is 7.21. The number of benzene rings is 3. The second-order valence-electron chi connectivity index (χ2n) is 7.05. The van der Waals surface area contributed by atoms with E-state index >= 15 is 0 Å². The first-order valence-corrected chi connectivity index (χ1v) is 11.6. The van der Waals surface area contributed by atoms with Gasteiger partial charge in [0.15, 0.2) is 5.78 Å². The molecule has 0 saturated heterocycles. The van der Waals surface area contributed by atoms with Crippen molar-refractivity contribution in [2.24, 2.45) is 5.16 Å². The summed E-state index contributed by atoms with van der Waals surface area (Å²) < 4.78 is 6.43. The molecule has 0 unspecified atom stereocenters. The van der Waals surface area contributed by atoms with E-state index in [1.165, 1.54) is 0 Å². The summed E-state index contributed by atoms with van der Waals surface area (Å²) in [5, 5.41) is 7.50. The number of carbonyl (C=O) groups excluding carboxylic acids is 2. The Morgan fingerprint density at radius 1 is 0.655 bits per heavy atom. The van der Waals surface area contributed by atoms with Gasteiger partial charge in [-0.05, 0) is 15.6 Å². The van der Waals surface area contributed by atoms with Gasteiger partial charge in [0.1, 0.15) is 11.5 Å². The Kier molecular flexibility index (Phi) is 5.49. The molecule has 4 rings (SSSR count). The number of carbonyl (C=O) groups is 2. The molecule has 3 aromatic rings. The average Bonchev–Trinajstić information content (AvgIpc) is 2.78. The molecule has 5 heteroatoms. The van der Waals surface area contributed by atoms with E-state index in [4.69, 9.17) is 4.53 Å². The van der Waals surface area contributed by atoms with Gasteiger partial charge in [-0.25, -0.2) is 0 Å². The smallest absolute Gasteiger partial charge is 0.380 e. The highest BCUT2D eigenvalue weighted by molar-refractivity contribution is 7.07. The number of hydrogen-bond donors (Lipinski definition) is 0. The van der Waals surface area contributed by atoms with Crippen molar-refractivity contribution in [3.05, 3.63) is 91.0 Å². The van der Waals surface area contributed by atoms with Crippen LogP contribution in [-0.4, -0.2) is 25.6 Å². The monoisotopic (exact) mass is 399 g/mol. The van der Waals surface area contributed by atoms with Gasteiger partial charge in [0.05, 0.1) is 6.42 Å². The Morgan fingerprint density at radius 3 is 1.52 bits per heavy atom. The normalized spacial score (nSPS) is 16.1. The predicted molar refractivity (Wildman–Crippen MR) is 116 cm³/mol. The van der Waals surface area contributed by atoms with Crippen LogP contribution in [0.15, 0.2) is 96.2 Å². The van der Waals surface area contributed by atoms with Crippen molar-refractivity contribution in [2.75, 3.05) is 0 Å². The van der Waals surface area contributed by atoms with Gasteiger partial charge in [-0.2, -0.15) is 0 Å². The number of rotatable bonds is 5. The van der Waals surface area contributed by atoms with Gasteiger partial charge in [-0.15, -0.1) is 5.16 Å². The van der Waals surface area contributed by atoms with Crippen LogP contribution >= 0.6 is 0 Å². The molecule has 0 bridgehead atoms. The molecule has 0 spiro atoms. The molecule has 3 aromatic carbocycles. The second-order valence-corrected chi connectivity index (χ2v) is 10.3. The zero-order valence-electron chi connectivity index (χ0n) is 16.0. The predicted octanol–water partition coefficient (Wildman–Crippen LogP) is 2.35. The fraction of sp³-hybridized carbons (Fsp3) is 0.125. The van der Waals surface area contributed by atoms with Crippen LogP contribution in [0.25, 0.3) is 0 Å². The first kappa shape index (κ1) is 19.0. The van der Waals surface area contributed by atoms with Crippen molar-refractivity contribution < 1.29 is 14.1 Å². The van der Waals surface area contributed by atoms with Crippen LogP contribution in [0.1, 0.15) is 19.3 Å². The standard InChI is InChI=1S/C24H21NO3Si/c26-19-16-17-23(24(27)18-19)25-28-29(20-10-4-1-5-11-20,21-12-6-2-7-13-21)22-14-8-3-9-15-22/h1-15H,16-18H2. The lowest BCUT2D eigenvalue weighted by Crippen LogP contribution is -2.68. The first-order chi connectivity index (χ1) is 14.2. The zero-order chi connectivity index (χ0) is 20.1. The van der Waals surface area contributed by atoms with Crippen molar-refractivity contribution in [1.29, 1.82) is 0 Å². The third-order valence-electron chi connectivity index (χ3n) is 5.15. The summed E-state index contributed by atoms with van der Waals surface area (Å²) in [5.41, 5.74) is 0.351. The summed E-state index contributed by atoms with van der Waals surface area (Å²) in [7, 11) is -2.98. The lowest BCUT2D eigenvalue weighted by molar-refractivity contribution is -0.125. The quantitative estimate of drug-likeness (QED) is 0.286. The molecule has 1 fully saturated rings. The van der Waals surface area contributed by atoms with E-state index in [0.29, 0.717) is 18.6 Å². The molecule has 1 saturated carbocycles. The van der Waals surface area contributed by atoms with E-state index in [2.05, 4.69) is 41.6 Å². The van der Waals surface area contributed by atoms with Crippen molar-refractivity contribution in [1.82, 2.24) is 0 Å². The molecular weight excluding hydrogens is 378 g/mol. The van der Waals surface area contributed by atoms with E-state index in [1.54, 1.807) is 0 Å². The molecule has 1 aliphatic carbocycles. The molecule has 0 atom stereocenters. The van der Waals surface area contributed by atoms with Gasteiger partial charge in [0.25, 0.3) is 0 Å². The van der Waals surface area contributed by atoms with E-state index in [0.717, 1.165) is 15.6 Å². The van der Waals surface area contributed by atoms with E-state index in [9.17, 15) is 9.59 Å². The highest BCUT2D eigenvalue weighted by atomic mass is 28.4. The number of Topliss-reactive ketones (excluding diaryl/α,β-unsaturated/α-hetero) is 2. The molecule has 0 amide bonds. The van der Waals surface area contributed by atoms with Crippen LogP contribution in [0.5, 0.6) is 0 Å². The summed E-state index contributed by atoms with van der Waals surface area (Å²) in [6.45, 7) is 0. The Morgan fingerprint density at radius 2 is 1.10 bits per heavy atom. The summed E-state index contributed by atoms with van der Waals surface area (Å²) in [4.78, 5) is 23.9. The maximum absolute atomic E-state index is 12.3. The Bertz CT molecular complexity index is 937. The second kappa shape index (κ2) is 8.37. The molecule has 0 heterocycles. The van der Waals surface area contributed by atoms with E-state index in [1.807, 2.05) is 54.6 Å². The lowest BCUT2D eigenvalue weighted by Gasteiger charge is -2.30. The van der Waals surface area contributed by atoms with E-state index in [-0.39, 0.29) is 18.0 Å². The molecule has 0 N–H and O–H groups in total. The van der Waals surface area contributed by atoms with Gasteiger partial charge in [-0.1, -0.05) is 91.0 Å². The van der Waals surface area contributed by atoms with Crippen LogP contribution in [0.4, 0.5) is 0 Å². The molecule has 0 aromatic heterocycles.